The number of nitrogens with zero attached hydrogens (tertiary/aromatic N) is 3. The van der Waals surface area contributed by atoms with Gasteiger partial charge in [-0.1, -0.05) is 51.8 Å². The highest BCUT2D eigenvalue weighted by molar-refractivity contribution is 9.10. The van der Waals surface area contributed by atoms with Crippen LogP contribution in [0.25, 0.3) is 22.2 Å². The lowest BCUT2D eigenvalue weighted by Gasteiger charge is -2.10. The van der Waals surface area contributed by atoms with E-state index in [9.17, 15) is 9.59 Å². The normalized spacial score (nSPS) is 11.3. The Bertz CT molecular complexity index is 1300. The Kier molecular flexibility index (Phi) is 4.77. The second-order valence-electron chi connectivity index (χ2n) is 6.70. The summed E-state index contributed by atoms with van der Waals surface area (Å²) in [6.45, 7) is 0.550. The number of fused-ring (bicyclic) bond motifs is 1. The van der Waals surface area contributed by atoms with E-state index >= 15 is 0 Å². The minimum Gasteiger partial charge on any atom is -0.340 e. The van der Waals surface area contributed by atoms with E-state index in [-0.39, 0.29) is 11.2 Å². The lowest BCUT2D eigenvalue weighted by molar-refractivity contribution is 0.714. The van der Waals surface area contributed by atoms with Gasteiger partial charge in [0.2, 0.25) is 0 Å². The first kappa shape index (κ1) is 18.8. The minimum atomic E-state index is -0.344. The summed E-state index contributed by atoms with van der Waals surface area (Å²) in [4.78, 5) is 25.4. The van der Waals surface area contributed by atoms with Gasteiger partial charge in [-0.3, -0.25) is 13.9 Å². The average molecular weight is 459 g/mol. The first-order valence-electron chi connectivity index (χ1n) is 8.66. The van der Waals surface area contributed by atoms with Crippen LogP contribution in [-0.4, -0.2) is 13.7 Å². The Hall–Kier alpha value is -2.57. The van der Waals surface area contributed by atoms with Crippen molar-refractivity contribution in [3.63, 3.8) is 0 Å². The van der Waals surface area contributed by atoms with Crippen molar-refractivity contribution in [2.45, 2.75) is 6.54 Å². The molecule has 0 aliphatic rings. The van der Waals surface area contributed by atoms with Crippen LogP contribution in [0.1, 0.15) is 5.56 Å². The Morgan fingerprint density at radius 2 is 1.57 bits per heavy atom. The molecule has 0 aliphatic carbocycles. The van der Waals surface area contributed by atoms with Crippen molar-refractivity contribution in [3.05, 3.63) is 90.6 Å². The van der Waals surface area contributed by atoms with Crippen LogP contribution < -0.4 is 11.2 Å². The second kappa shape index (κ2) is 7.11. The lowest BCUT2D eigenvalue weighted by atomic mass is 10.1. The van der Waals surface area contributed by atoms with E-state index in [1.807, 2.05) is 59.3 Å². The molecule has 7 heteroatoms. The van der Waals surface area contributed by atoms with Gasteiger partial charge in [0.05, 0.1) is 16.6 Å². The molecule has 5 nitrogen and oxygen atoms in total. The molecule has 0 spiro atoms. The van der Waals surface area contributed by atoms with Crippen LogP contribution in [-0.2, 0) is 20.6 Å². The number of hydrogen-bond donors (Lipinski definition) is 0. The van der Waals surface area contributed by atoms with Crippen LogP contribution in [0.3, 0.4) is 0 Å². The van der Waals surface area contributed by atoms with Gasteiger partial charge in [-0.15, -0.1) is 0 Å². The van der Waals surface area contributed by atoms with Crippen molar-refractivity contribution in [1.82, 2.24) is 13.7 Å². The number of aromatic nitrogens is 3. The van der Waals surface area contributed by atoms with E-state index in [2.05, 4.69) is 15.9 Å². The van der Waals surface area contributed by atoms with Crippen molar-refractivity contribution < 1.29 is 0 Å². The van der Waals surface area contributed by atoms with Gasteiger partial charge >= 0.3 is 5.69 Å². The predicted molar refractivity (Wildman–Crippen MR) is 116 cm³/mol. The fraction of sp³-hybridized carbons (Fsp3) is 0.143. The molecule has 0 saturated carbocycles. The third kappa shape index (κ3) is 3.12. The Labute approximate surface area is 174 Å². The van der Waals surface area contributed by atoms with Crippen molar-refractivity contribution in [3.8, 4) is 11.3 Å². The molecule has 0 N–H and O–H groups in total. The van der Waals surface area contributed by atoms with Crippen LogP contribution in [0.4, 0.5) is 0 Å². The molecule has 2 aromatic heterocycles. The van der Waals surface area contributed by atoms with E-state index in [1.165, 1.54) is 11.6 Å². The Morgan fingerprint density at radius 1 is 0.929 bits per heavy atom. The number of hydrogen-bond acceptors (Lipinski definition) is 2. The Balaban J connectivity index is 2.04. The number of benzene rings is 2. The zero-order valence-corrected chi connectivity index (χ0v) is 17.7. The van der Waals surface area contributed by atoms with Gasteiger partial charge in [-0.2, -0.15) is 0 Å². The maximum atomic E-state index is 13.0. The van der Waals surface area contributed by atoms with Crippen molar-refractivity contribution in [1.29, 1.82) is 0 Å². The van der Waals surface area contributed by atoms with Crippen molar-refractivity contribution >= 4 is 38.4 Å². The van der Waals surface area contributed by atoms with Gasteiger partial charge in [-0.05, 0) is 35.4 Å². The van der Waals surface area contributed by atoms with E-state index in [0.29, 0.717) is 22.5 Å². The van der Waals surface area contributed by atoms with Gasteiger partial charge in [0.15, 0.2) is 0 Å². The van der Waals surface area contributed by atoms with Crippen LogP contribution in [0.15, 0.2) is 68.8 Å². The summed E-state index contributed by atoms with van der Waals surface area (Å²) in [5.41, 5.74) is 2.70. The molecule has 0 amide bonds. The van der Waals surface area contributed by atoms with E-state index < -0.39 is 0 Å². The van der Waals surface area contributed by atoms with Gasteiger partial charge in [0, 0.05) is 36.3 Å². The smallest absolute Gasteiger partial charge is 0.330 e. The predicted octanol–water partition coefficient (Wildman–Crippen LogP) is 4.17. The summed E-state index contributed by atoms with van der Waals surface area (Å²) < 4.78 is 5.63. The number of aryl methyl sites for hydroxylation is 1. The largest absolute Gasteiger partial charge is 0.340 e. The quantitative estimate of drug-likeness (QED) is 0.463. The molecular weight excluding hydrogens is 442 g/mol. The zero-order valence-electron chi connectivity index (χ0n) is 15.3. The first-order chi connectivity index (χ1) is 13.4. The van der Waals surface area contributed by atoms with Crippen LogP contribution in [0.5, 0.6) is 0 Å². The molecule has 4 rings (SSSR count). The summed E-state index contributed by atoms with van der Waals surface area (Å²) in [7, 11) is 3.19. The molecule has 4 aromatic rings. The van der Waals surface area contributed by atoms with Gasteiger partial charge < -0.3 is 4.57 Å². The number of halogens is 2. The van der Waals surface area contributed by atoms with Gasteiger partial charge in [0.25, 0.3) is 5.56 Å². The second-order valence-corrected chi connectivity index (χ2v) is 8.06. The fourth-order valence-electron chi connectivity index (χ4n) is 3.42. The summed E-state index contributed by atoms with van der Waals surface area (Å²) in [6.07, 6.45) is 1.87. The minimum absolute atomic E-state index is 0.300. The fourth-order valence-corrected chi connectivity index (χ4v) is 3.81. The average Bonchev–Trinajstić information content (AvgIpc) is 3.06. The van der Waals surface area contributed by atoms with Crippen molar-refractivity contribution in [2.24, 2.45) is 14.1 Å². The molecule has 0 fully saturated rings. The van der Waals surface area contributed by atoms with Gasteiger partial charge in [0.1, 0.15) is 0 Å². The molecular formula is C21H17BrClN3O2. The van der Waals surface area contributed by atoms with Crippen molar-refractivity contribution in [2.75, 3.05) is 0 Å². The van der Waals surface area contributed by atoms with E-state index in [1.54, 1.807) is 7.05 Å². The zero-order chi connectivity index (χ0) is 20.0. The molecule has 142 valence electrons. The van der Waals surface area contributed by atoms with Crippen LogP contribution in [0, 0.1) is 0 Å². The maximum absolute atomic E-state index is 13.0. The molecule has 0 atom stereocenters. The summed E-state index contributed by atoms with van der Waals surface area (Å²) in [5.74, 6) is 0. The highest BCUT2D eigenvalue weighted by Crippen LogP contribution is 2.30. The maximum Gasteiger partial charge on any atom is 0.330 e. The highest BCUT2D eigenvalue weighted by Gasteiger charge is 2.19. The van der Waals surface area contributed by atoms with Gasteiger partial charge in [-0.25, -0.2) is 4.79 Å². The SMILES string of the molecule is Cn1c(=O)c2c(-c3ccc(Br)cc3)n(Cc3ccc(Cl)cc3)cc2n(C)c1=O. The van der Waals surface area contributed by atoms with E-state index in [4.69, 9.17) is 11.6 Å². The molecule has 0 saturated heterocycles. The summed E-state index contributed by atoms with van der Waals surface area (Å²) in [6, 6.07) is 15.4. The van der Waals surface area contributed by atoms with E-state index in [0.717, 1.165) is 25.9 Å². The van der Waals surface area contributed by atoms with Crippen LogP contribution >= 0.6 is 27.5 Å². The third-order valence-electron chi connectivity index (χ3n) is 4.90. The topological polar surface area (TPSA) is 48.9 Å². The monoisotopic (exact) mass is 457 g/mol. The molecule has 28 heavy (non-hydrogen) atoms. The van der Waals surface area contributed by atoms with Crippen LogP contribution in [0.2, 0.25) is 5.02 Å². The first-order valence-corrected chi connectivity index (χ1v) is 9.83. The Morgan fingerprint density at radius 3 is 2.21 bits per heavy atom. The highest BCUT2D eigenvalue weighted by atomic mass is 79.9. The standard InChI is InChI=1S/C21H17BrClN3O2/c1-24-17-12-26(11-13-3-9-16(23)10-4-13)19(14-5-7-15(22)8-6-14)18(17)20(27)25(2)21(24)28/h3-10,12H,11H2,1-2H3. The lowest BCUT2D eigenvalue weighted by Crippen LogP contribution is -2.36. The molecule has 0 radical (unpaired) electrons. The molecule has 0 bridgehead atoms. The molecule has 0 aliphatic heterocycles. The molecule has 0 unspecified atom stereocenters. The summed E-state index contributed by atoms with van der Waals surface area (Å²) in [5, 5.41) is 1.20. The number of rotatable bonds is 3. The summed E-state index contributed by atoms with van der Waals surface area (Å²) >= 11 is 9.46. The third-order valence-corrected chi connectivity index (χ3v) is 5.68. The molecule has 2 heterocycles. The molecule has 2 aromatic carbocycles.